The molecule has 0 aliphatic carbocycles. The molecule has 2 rings (SSSR count). The second-order valence-corrected chi connectivity index (χ2v) is 5.34. The van der Waals surface area contributed by atoms with E-state index in [1.165, 1.54) is 4.88 Å². The van der Waals surface area contributed by atoms with Crippen molar-refractivity contribution in [3.8, 4) is 0 Å². The van der Waals surface area contributed by atoms with Crippen LogP contribution in [-0.2, 0) is 6.42 Å². The van der Waals surface area contributed by atoms with Crippen LogP contribution in [0.4, 0.5) is 0 Å². The van der Waals surface area contributed by atoms with Crippen LogP contribution in [0.5, 0.6) is 0 Å². The van der Waals surface area contributed by atoms with Crippen LogP contribution in [0, 0.1) is 0 Å². The maximum atomic E-state index is 11.9. The Labute approximate surface area is 110 Å². The lowest BCUT2D eigenvalue weighted by Gasteiger charge is -2.01. The Balaban J connectivity index is 1.85. The number of rotatable bonds is 5. The van der Waals surface area contributed by atoms with Crippen LogP contribution in [0.1, 0.15) is 28.1 Å². The predicted molar refractivity (Wildman–Crippen MR) is 73.0 cm³/mol. The van der Waals surface area contributed by atoms with E-state index in [4.69, 9.17) is 11.6 Å². The third-order valence-corrected chi connectivity index (χ3v) is 3.72. The Morgan fingerprint density at radius 1 is 1.24 bits per heavy atom. The molecule has 0 N–H and O–H groups in total. The lowest BCUT2D eigenvalue weighted by Crippen LogP contribution is -1.99. The van der Waals surface area contributed by atoms with E-state index >= 15 is 0 Å². The van der Waals surface area contributed by atoms with Crippen molar-refractivity contribution >= 4 is 28.7 Å². The molecule has 88 valence electrons. The number of carbonyl (C=O) groups excluding carboxylic acids is 1. The summed E-state index contributed by atoms with van der Waals surface area (Å²) in [5.74, 6) is 0.170. The van der Waals surface area contributed by atoms with Crippen LogP contribution in [0.25, 0.3) is 0 Å². The van der Waals surface area contributed by atoms with E-state index < -0.39 is 0 Å². The molecule has 2 aromatic rings. The van der Waals surface area contributed by atoms with E-state index in [0.29, 0.717) is 17.0 Å². The van der Waals surface area contributed by atoms with Gasteiger partial charge in [0.15, 0.2) is 5.78 Å². The Bertz CT molecular complexity index is 491. The zero-order valence-corrected chi connectivity index (χ0v) is 10.9. The van der Waals surface area contributed by atoms with Gasteiger partial charge in [-0.3, -0.25) is 4.79 Å². The number of benzene rings is 1. The molecule has 0 spiro atoms. The first-order chi connectivity index (χ1) is 8.25. The van der Waals surface area contributed by atoms with Gasteiger partial charge in [0, 0.05) is 21.9 Å². The van der Waals surface area contributed by atoms with Crippen LogP contribution in [0.2, 0.25) is 5.02 Å². The number of halogens is 1. The summed E-state index contributed by atoms with van der Waals surface area (Å²) in [7, 11) is 0. The molecule has 17 heavy (non-hydrogen) atoms. The fourth-order valence-corrected chi connectivity index (χ4v) is 2.63. The molecule has 0 aliphatic heterocycles. The zero-order valence-electron chi connectivity index (χ0n) is 9.36. The van der Waals surface area contributed by atoms with Crippen molar-refractivity contribution < 1.29 is 4.79 Å². The highest BCUT2D eigenvalue weighted by Crippen LogP contribution is 2.15. The number of carbonyl (C=O) groups is 1. The van der Waals surface area contributed by atoms with Gasteiger partial charge in [0.05, 0.1) is 0 Å². The van der Waals surface area contributed by atoms with Gasteiger partial charge in [-0.05, 0) is 36.4 Å². The summed E-state index contributed by atoms with van der Waals surface area (Å²) in [6.45, 7) is 0. The van der Waals surface area contributed by atoms with E-state index in [2.05, 4.69) is 11.4 Å². The minimum atomic E-state index is 0.170. The summed E-state index contributed by atoms with van der Waals surface area (Å²) in [6.07, 6.45) is 2.45. The molecule has 1 aromatic carbocycles. The van der Waals surface area contributed by atoms with Gasteiger partial charge in [-0.2, -0.15) is 0 Å². The van der Waals surface area contributed by atoms with E-state index in [-0.39, 0.29) is 5.78 Å². The van der Waals surface area contributed by atoms with Gasteiger partial charge in [-0.25, -0.2) is 0 Å². The van der Waals surface area contributed by atoms with Crippen LogP contribution in [0.3, 0.4) is 0 Å². The summed E-state index contributed by atoms with van der Waals surface area (Å²) >= 11 is 7.59. The second-order valence-electron chi connectivity index (χ2n) is 3.87. The maximum Gasteiger partial charge on any atom is 0.162 e. The van der Waals surface area contributed by atoms with Gasteiger partial charge in [0.2, 0.25) is 0 Å². The molecular formula is C14H13ClOS. The molecular weight excluding hydrogens is 252 g/mol. The number of hydrogen-bond acceptors (Lipinski definition) is 2. The summed E-state index contributed by atoms with van der Waals surface area (Å²) in [4.78, 5) is 13.2. The smallest absolute Gasteiger partial charge is 0.162 e. The predicted octanol–water partition coefficient (Wildman–Crippen LogP) is 4.61. The number of hydrogen-bond donors (Lipinski definition) is 0. The first-order valence-corrected chi connectivity index (χ1v) is 6.82. The third-order valence-electron chi connectivity index (χ3n) is 2.55. The average molecular weight is 265 g/mol. The fraction of sp³-hybridized carbons (Fsp3) is 0.214. The normalized spacial score (nSPS) is 10.4. The van der Waals surface area contributed by atoms with Gasteiger partial charge >= 0.3 is 0 Å². The average Bonchev–Trinajstić information content (AvgIpc) is 2.82. The molecule has 0 amide bonds. The zero-order chi connectivity index (χ0) is 12.1. The number of Topliss-reactive ketones (excluding diaryl/α,β-unsaturated/α-hetero) is 1. The summed E-state index contributed by atoms with van der Waals surface area (Å²) < 4.78 is 0. The summed E-state index contributed by atoms with van der Waals surface area (Å²) in [5.41, 5.74) is 0.712. The first-order valence-electron chi connectivity index (χ1n) is 5.57. The van der Waals surface area contributed by atoms with Crippen LogP contribution >= 0.6 is 22.9 Å². The van der Waals surface area contributed by atoms with Crippen LogP contribution < -0.4 is 0 Å². The summed E-state index contributed by atoms with van der Waals surface area (Å²) in [5, 5.41) is 2.68. The largest absolute Gasteiger partial charge is 0.294 e. The molecule has 0 atom stereocenters. The third kappa shape index (κ3) is 3.69. The first kappa shape index (κ1) is 12.3. The maximum absolute atomic E-state index is 11.9. The van der Waals surface area contributed by atoms with Gasteiger partial charge in [0.25, 0.3) is 0 Å². The Kier molecular flexibility index (Phi) is 4.35. The molecule has 0 bridgehead atoms. The monoisotopic (exact) mass is 264 g/mol. The van der Waals surface area contributed by atoms with E-state index in [1.807, 2.05) is 18.2 Å². The lowest BCUT2D eigenvalue weighted by atomic mass is 10.1. The number of ketones is 1. The van der Waals surface area contributed by atoms with Gasteiger partial charge in [-0.15, -0.1) is 11.3 Å². The Hall–Kier alpha value is -1.12. The van der Waals surface area contributed by atoms with Crippen molar-refractivity contribution in [3.63, 3.8) is 0 Å². The number of thiophene rings is 1. The molecule has 0 saturated carbocycles. The Morgan fingerprint density at radius 3 is 2.82 bits per heavy atom. The molecule has 1 aromatic heterocycles. The van der Waals surface area contributed by atoms with E-state index in [9.17, 15) is 4.79 Å². The SMILES string of the molecule is O=C(CCCc1cccs1)c1cccc(Cl)c1. The second kappa shape index (κ2) is 5.99. The lowest BCUT2D eigenvalue weighted by molar-refractivity contribution is 0.0980. The molecule has 0 fully saturated rings. The Morgan fingerprint density at radius 2 is 2.12 bits per heavy atom. The minimum Gasteiger partial charge on any atom is -0.294 e. The van der Waals surface area contributed by atoms with Crippen molar-refractivity contribution in [2.75, 3.05) is 0 Å². The summed E-state index contributed by atoms with van der Waals surface area (Å²) in [6, 6.07) is 11.3. The van der Waals surface area contributed by atoms with Gasteiger partial charge in [0.1, 0.15) is 0 Å². The van der Waals surface area contributed by atoms with Crippen LogP contribution in [0.15, 0.2) is 41.8 Å². The van der Waals surface area contributed by atoms with E-state index in [0.717, 1.165) is 12.8 Å². The van der Waals surface area contributed by atoms with Crippen molar-refractivity contribution in [2.45, 2.75) is 19.3 Å². The number of aryl methyl sites for hydroxylation is 1. The van der Waals surface area contributed by atoms with E-state index in [1.54, 1.807) is 23.5 Å². The standard InChI is InChI=1S/C14H13ClOS/c15-12-5-1-4-11(10-12)14(16)8-2-6-13-7-3-9-17-13/h1,3-5,7,9-10H,2,6,8H2. The quantitative estimate of drug-likeness (QED) is 0.721. The molecule has 0 unspecified atom stereocenters. The molecule has 3 heteroatoms. The highest BCUT2D eigenvalue weighted by Gasteiger charge is 2.06. The minimum absolute atomic E-state index is 0.170. The highest BCUT2D eigenvalue weighted by molar-refractivity contribution is 7.09. The van der Waals surface area contributed by atoms with Crippen molar-refractivity contribution in [2.24, 2.45) is 0 Å². The fourth-order valence-electron chi connectivity index (χ4n) is 1.68. The van der Waals surface area contributed by atoms with Crippen molar-refractivity contribution in [3.05, 3.63) is 57.2 Å². The van der Waals surface area contributed by atoms with Crippen molar-refractivity contribution in [1.82, 2.24) is 0 Å². The van der Waals surface area contributed by atoms with Gasteiger partial charge in [-0.1, -0.05) is 29.8 Å². The molecule has 1 heterocycles. The van der Waals surface area contributed by atoms with Gasteiger partial charge < -0.3 is 0 Å². The van der Waals surface area contributed by atoms with Crippen molar-refractivity contribution in [1.29, 1.82) is 0 Å². The molecule has 0 saturated heterocycles. The molecule has 0 radical (unpaired) electrons. The van der Waals surface area contributed by atoms with Crippen LogP contribution in [-0.4, -0.2) is 5.78 Å². The topological polar surface area (TPSA) is 17.1 Å². The highest BCUT2D eigenvalue weighted by atomic mass is 35.5. The molecule has 0 aliphatic rings. The molecule has 1 nitrogen and oxygen atoms in total.